The summed E-state index contributed by atoms with van der Waals surface area (Å²) < 4.78 is 18.2. The van der Waals surface area contributed by atoms with Crippen LogP contribution in [0, 0.1) is 0 Å². The van der Waals surface area contributed by atoms with Crippen LogP contribution in [-0.2, 0) is 4.74 Å². The predicted molar refractivity (Wildman–Crippen MR) is 115 cm³/mol. The molecular weight excluding hydrogens is 410 g/mol. The van der Waals surface area contributed by atoms with Crippen molar-refractivity contribution in [3.05, 3.63) is 63.2 Å². The third-order valence-electron chi connectivity index (χ3n) is 4.26. The third kappa shape index (κ3) is 4.70. The molecule has 0 spiro atoms. The quantitative estimate of drug-likeness (QED) is 0.438. The van der Waals surface area contributed by atoms with Gasteiger partial charge in [0.1, 0.15) is 13.2 Å². The number of ether oxygens (including phenoxy) is 3. The highest BCUT2D eigenvalue weighted by Gasteiger charge is 2.11. The van der Waals surface area contributed by atoms with Crippen LogP contribution in [0.5, 0.6) is 11.5 Å². The molecule has 1 aliphatic rings. The molecule has 0 aliphatic carbocycles. The molecule has 0 radical (unpaired) electrons. The van der Waals surface area contributed by atoms with Gasteiger partial charge in [-0.2, -0.15) is 5.10 Å². The number of nitrogens with zero attached hydrogens (tertiary/aromatic N) is 3. The van der Waals surface area contributed by atoms with Crippen molar-refractivity contribution >= 4 is 29.2 Å². The molecule has 0 atom stereocenters. The smallest absolute Gasteiger partial charge is 0.206 e. The number of benzene rings is 2. The lowest BCUT2D eigenvalue weighted by Crippen LogP contribution is -2.15. The summed E-state index contributed by atoms with van der Waals surface area (Å²) in [6.45, 7) is 2.24. The van der Waals surface area contributed by atoms with Gasteiger partial charge in [0, 0.05) is 23.1 Å². The van der Waals surface area contributed by atoms with E-state index in [0.717, 1.165) is 33.1 Å². The van der Waals surface area contributed by atoms with Crippen molar-refractivity contribution in [3.8, 4) is 22.8 Å². The van der Waals surface area contributed by atoms with Crippen LogP contribution in [0.2, 0.25) is 5.02 Å². The van der Waals surface area contributed by atoms with E-state index in [1.807, 2.05) is 52.5 Å². The SMILES string of the molecule is COCCN=c1scc(-c2ccc(Cl)cc2)n1N=Cc1ccc2c(c1)OCCO2. The van der Waals surface area contributed by atoms with Gasteiger partial charge < -0.3 is 14.2 Å². The zero-order valence-corrected chi connectivity index (χ0v) is 17.4. The molecule has 1 aliphatic heterocycles. The minimum absolute atomic E-state index is 0.552. The van der Waals surface area contributed by atoms with E-state index in [1.54, 1.807) is 13.3 Å². The molecule has 3 aromatic rings. The lowest BCUT2D eigenvalue weighted by atomic mass is 10.2. The van der Waals surface area contributed by atoms with Crippen LogP contribution in [0.3, 0.4) is 0 Å². The molecule has 4 rings (SSSR count). The Labute approximate surface area is 177 Å². The zero-order valence-electron chi connectivity index (χ0n) is 15.9. The zero-order chi connectivity index (χ0) is 20.1. The highest BCUT2D eigenvalue weighted by Crippen LogP contribution is 2.30. The second-order valence-corrected chi connectivity index (χ2v) is 7.52. The van der Waals surface area contributed by atoms with Crippen LogP contribution in [0.15, 0.2) is 57.9 Å². The van der Waals surface area contributed by atoms with Crippen LogP contribution in [0.4, 0.5) is 0 Å². The average Bonchev–Trinajstić information content (AvgIpc) is 3.15. The second kappa shape index (κ2) is 9.26. The van der Waals surface area contributed by atoms with Crippen molar-refractivity contribution in [2.45, 2.75) is 0 Å². The first-order chi connectivity index (χ1) is 14.2. The molecule has 8 heteroatoms. The highest BCUT2D eigenvalue weighted by atomic mass is 35.5. The second-order valence-electron chi connectivity index (χ2n) is 6.24. The molecule has 0 saturated carbocycles. The van der Waals surface area contributed by atoms with Crippen LogP contribution in [0.25, 0.3) is 11.3 Å². The Morgan fingerprint density at radius 1 is 1.14 bits per heavy atom. The fraction of sp³-hybridized carbons (Fsp3) is 0.238. The molecule has 1 aromatic heterocycles. The van der Waals surface area contributed by atoms with Gasteiger partial charge in [0.25, 0.3) is 0 Å². The number of thiazole rings is 1. The minimum Gasteiger partial charge on any atom is -0.486 e. The van der Waals surface area contributed by atoms with Gasteiger partial charge in [-0.05, 0) is 35.9 Å². The van der Waals surface area contributed by atoms with Gasteiger partial charge in [-0.3, -0.25) is 4.99 Å². The average molecular weight is 430 g/mol. The topological polar surface area (TPSA) is 57.3 Å². The summed E-state index contributed by atoms with van der Waals surface area (Å²) >= 11 is 7.57. The van der Waals surface area contributed by atoms with E-state index in [2.05, 4.69) is 4.99 Å². The van der Waals surface area contributed by atoms with E-state index in [-0.39, 0.29) is 0 Å². The number of aromatic nitrogens is 1. The van der Waals surface area contributed by atoms with Crippen LogP contribution in [0.1, 0.15) is 5.56 Å². The lowest BCUT2D eigenvalue weighted by Gasteiger charge is -2.18. The van der Waals surface area contributed by atoms with E-state index >= 15 is 0 Å². The third-order valence-corrected chi connectivity index (χ3v) is 5.36. The highest BCUT2D eigenvalue weighted by molar-refractivity contribution is 7.07. The van der Waals surface area contributed by atoms with Gasteiger partial charge in [0.2, 0.25) is 4.80 Å². The number of fused-ring (bicyclic) bond motifs is 1. The maximum Gasteiger partial charge on any atom is 0.206 e. The Kier molecular flexibility index (Phi) is 6.29. The van der Waals surface area contributed by atoms with Crippen molar-refractivity contribution in [1.29, 1.82) is 0 Å². The summed E-state index contributed by atoms with van der Waals surface area (Å²) in [5.74, 6) is 1.49. The van der Waals surface area contributed by atoms with Crippen LogP contribution < -0.4 is 14.3 Å². The number of hydrogen-bond donors (Lipinski definition) is 0. The summed E-state index contributed by atoms with van der Waals surface area (Å²) in [7, 11) is 1.66. The molecule has 150 valence electrons. The van der Waals surface area contributed by atoms with Crippen LogP contribution >= 0.6 is 22.9 Å². The van der Waals surface area contributed by atoms with Crippen molar-refractivity contribution in [2.24, 2.45) is 10.1 Å². The summed E-state index contributed by atoms with van der Waals surface area (Å²) in [4.78, 5) is 5.41. The Balaban J connectivity index is 1.70. The molecule has 0 fully saturated rings. The van der Waals surface area contributed by atoms with E-state index in [0.29, 0.717) is 31.4 Å². The number of halogens is 1. The molecular formula is C21H20ClN3O3S. The summed E-state index contributed by atoms with van der Waals surface area (Å²) in [5.41, 5.74) is 2.87. The van der Waals surface area contributed by atoms with Crippen molar-refractivity contribution in [3.63, 3.8) is 0 Å². The molecule has 0 unspecified atom stereocenters. The van der Waals surface area contributed by atoms with E-state index < -0.39 is 0 Å². The van der Waals surface area contributed by atoms with Gasteiger partial charge in [-0.15, -0.1) is 11.3 Å². The standard InChI is InChI=1S/C21H20ClN3O3S/c1-26-9-8-23-21-25(18(14-29-21)16-3-5-17(22)6-4-16)24-13-15-2-7-19-20(12-15)28-11-10-27-19/h2-7,12-14H,8-11H2,1H3. The van der Waals surface area contributed by atoms with E-state index in [9.17, 15) is 0 Å². The van der Waals surface area contributed by atoms with Crippen LogP contribution in [-0.4, -0.2) is 44.4 Å². The summed E-state index contributed by atoms with van der Waals surface area (Å²) in [5, 5.41) is 7.43. The Morgan fingerprint density at radius 3 is 2.72 bits per heavy atom. The largest absolute Gasteiger partial charge is 0.486 e. The Bertz CT molecular complexity index is 1070. The van der Waals surface area contributed by atoms with E-state index in [4.69, 9.17) is 30.9 Å². The van der Waals surface area contributed by atoms with Crippen molar-refractivity contribution in [2.75, 3.05) is 33.5 Å². The molecule has 6 nitrogen and oxygen atoms in total. The van der Waals surface area contributed by atoms with Gasteiger partial charge in [-0.25, -0.2) is 4.68 Å². The number of hydrogen-bond acceptors (Lipinski definition) is 6. The lowest BCUT2D eigenvalue weighted by molar-refractivity contribution is 0.171. The maximum atomic E-state index is 6.04. The van der Waals surface area contributed by atoms with Gasteiger partial charge >= 0.3 is 0 Å². The molecule has 0 amide bonds. The number of methoxy groups -OCH3 is 1. The first-order valence-electron chi connectivity index (χ1n) is 9.14. The molecule has 29 heavy (non-hydrogen) atoms. The normalized spacial score (nSPS) is 13.9. The Morgan fingerprint density at radius 2 is 1.93 bits per heavy atom. The monoisotopic (exact) mass is 429 g/mol. The maximum absolute atomic E-state index is 6.04. The number of rotatable bonds is 6. The Hall–Kier alpha value is -2.61. The molecule has 2 aromatic carbocycles. The molecule has 0 bridgehead atoms. The fourth-order valence-electron chi connectivity index (χ4n) is 2.84. The molecule has 0 N–H and O–H groups in total. The van der Waals surface area contributed by atoms with Crippen molar-refractivity contribution in [1.82, 2.24) is 4.68 Å². The van der Waals surface area contributed by atoms with Gasteiger partial charge in [0.05, 0.1) is 25.1 Å². The predicted octanol–water partition coefficient (Wildman–Crippen LogP) is 4.07. The van der Waals surface area contributed by atoms with E-state index in [1.165, 1.54) is 11.3 Å². The van der Waals surface area contributed by atoms with Gasteiger partial charge in [0.15, 0.2) is 11.5 Å². The van der Waals surface area contributed by atoms with Crippen molar-refractivity contribution < 1.29 is 14.2 Å². The fourth-order valence-corrected chi connectivity index (χ4v) is 3.83. The minimum atomic E-state index is 0.552. The first-order valence-corrected chi connectivity index (χ1v) is 10.4. The summed E-state index contributed by atoms with van der Waals surface area (Å²) in [6.07, 6.45) is 1.79. The molecule has 2 heterocycles. The van der Waals surface area contributed by atoms with Gasteiger partial charge in [-0.1, -0.05) is 23.7 Å². The molecule has 0 saturated heterocycles. The first kappa shape index (κ1) is 19.7. The summed E-state index contributed by atoms with van der Waals surface area (Å²) in [6, 6.07) is 13.5.